The van der Waals surface area contributed by atoms with Gasteiger partial charge in [0.2, 0.25) is 0 Å². The van der Waals surface area contributed by atoms with Gasteiger partial charge in [-0.3, -0.25) is 0 Å². The standard InChI is InChI=1S/C17H19NO3.C2H6O/c1-18-7-6-17-10-3-5-13(20)16(17)21-15-12(19)4-2-9(14(15)17)8-11(10)18;1-3-2/h2-5,10-11,13,16,19-20H,6-8H2,1H3;1-2H3/t10-,11+,13-,16-,17-;/m0./s1. The zero-order chi connectivity index (χ0) is 17.1. The number of ether oxygens (including phenoxy) is 2. The van der Waals surface area contributed by atoms with Gasteiger partial charge in [0, 0.05) is 37.2 Å². The molecule has 2 heterocycles. The molecule has 2 aliphatic heterocycles. The molecule has 24 heavy (non-hydrogen) atoms. The van der Waals surface area contributed by atoms with Crippen molar-refractivity contribution in [1.29, 1.82) is 0 Å². The molecule has 2 aliphatic carbocycles. The topological polar surface area (TPSA) is 62.2 Å². The van der Waals surface area contributed by atoms with Crippen LogP contribution in [0.1, 0.15) is 17.5 Å². The van der Waals surface area contributed by atoms with Crippen LogP contribution < -0.4 is 4.74 Å². The molecule has 5 atom stereocenters. The van der Waals surface area contributed by atoms with E-state index in [1.54, 1.807) is 20.3 Å². The van der Waals surface area contributed by atoms with Crippen molar-refractivity contribution in [3.8, 4) is 11.5 Å². The molecule has 5 nitrogen and oxygen atoms in total. The molecule has 4 aliphatic rings. The molecule has 0 aromatic heterocycles. The average molecular weight is 331 g/mol. The lowest BCUT2D eigenvalue weighted by molar-refractivity contribution is -0.0453. The number of likely N-dealkylation sites (tertiary alicyclic amines) is 1. The number of piperidine rings is 1. The van der Waals surface area contributed by atoms with Gasteiger partial charge in [0.15, 0.2) is 11.5 Å². The first-order valence-electron chi connectivity index (χ1n) is 8.53. The lowest BCUT2D eigenvalue weighted by atomic mass is 9.53. The lowest BCUT2D eigenvalue weighted by Gasteiger charge is -2.56. The Bertz CT molecular complexity index is 688. The molecule has 5 rings (SSSR count). The summed E-state index contributed by atoms with van der Waals surface area (Å²) in [5.74, 6) is 1.19. The highest BCUT2D eigenvalue weighted by molar-refractivity contribution is 5.61. The van der Waals surface area contributed by atoms with Crippen molar-refractivity contribution in [2.75, 3.05) is 27.8 Å². The molecule has 0 radical (unpaired) electrons. The largest absolute Gasteiger partial charge is 0.504 e. The minimum atomic E-state index is -0.594. The summed E-state index contributed by atoms with van der Waals surface area (Å²) in [4.78, 5) is 2.43. The van der Waals surface area contributed by atoms with Crippen LogP contribution in [-0.2, 0) is 16.6 Å². The highest BCUT2D eigenvalue weighted by Crippen LogP contribution is 2.62. The van der Waals surface area contributed by atoms with Crippen LogP contribution in [0, 0.1) is 5.92 Å². The van der Waals surface area contributed by atoms with Gasteiger partial charge in [0.1, 0.15) is 12.2 Å². The highest BCUT2D eigenvalue weighted by atomic mass is 16.5. The van der Waals surface area contributed by atoms with Crippen LogP contribution in [0.3, 0.4) is 0 Å². The van der Waals surface area contributed by atoms with Crippen molar-refractivity contribution in [2.45, 2.75) is 36.5 Å². The number of benzene rings is 1. The molecule has 1 aromatic rings. The third kappa shape index (κ3) is 1.86. The minimum absolute atomic E-state index is 0.160. The minimum Gasteiger partial charge on any atom is -0.504 e. The third-order valence-electron chi connectivity index (χ3n) is 6.15. The number of phenols is 1. The van der Waals surface area contributed by atoms with Crippen molar-refractivity contribution >= 4 is 0 Å². The summed E-state index contributed by atoms with van der Waals surface area (Å²) in [6, 6.07) is 4.23. The monoisotopic (exact) mass is 331 g/mol. The van der Waals surface area contributed by atoms with E-state index < -0.39 is 6.10 Å². The fourth-order valence-electron chi connectivity index (χ4n) is 5.24. The number of methoxy groups -OCH3 is 1. The van der Waals surface area contributed by atoms with Gasteiger partial charge in [-0.05, 0) is 38.1 Å². The Morgan fingerprint density at radius 3 is 2.79 bits per heavy atom. The van der Waals surface area contributed by atoms with Gasteiger partial charge in [-0.15, -0.1) is 0 Å². The zero-order valence-corrected chi connectivity index (χ0v) is 14.4. The number of likely N-dealkylation sites (N-methyl/N-ethyl adjacent to an activating group) is 1. The normalized spacial score (nSPS) is 38.0. The van der Waals surface area contributed by atoms with E-state index in [1.165, 1.54) is 11.1 Å². The van der Waals surface area contributed by atoms with Gasteiger partial charge < -0.3 is 24.6 Å². The SMILES string of the molecule is CN1CC[C@]23c4c5ccc(O)c4O[C@H]2[C@@H](O)C=C[C@H]3[C@H]1C5.COC. The maximum atomic E-state index is 10.4. The summed E-state index contributed by atoms with van der Waals surface area (Å²) in [6.45, 7) is 1.01. The second-order valence-electron chi connectivity index (χ2n) is 7.34. The Kier molecular flexibility index (Phi) is 3.64. The molecule has 1 fully saturated rings. The van der Waals surface area contributed by atoms with Crippen LogP contribution in [0.4, 0.5) is 0 Å². The Balaban J connectivity index is 0.000000455. The maximum Gasteiger partial charge on any atom is 0.165 e. The number of hydrogen-bond donors (Lipinski definition) is 2. The van der Waals surface area contributed by atoms with E-state index in [9.17, 15) is 10.2 Å². The summed E-state index contributed by atoms with van der Waals surface area (Å²) >= 11 is 0. The van der Waals surface area contributed by atoms with Crippen LogP contribution >= 0.6 is 0 Å². The third-order valence-corrected chi connectivity index (χ3v) is 6.15. The number of rotatable bonds is 0. The summed E-state index contributed by atoms with van der Waals surface area (Å²) in [7, 11) is 5.44. The van der Waals surface area contributed by atoms with Gasteiger partial charge in [-0.2, -0.15) is 0 Å². The zero-order valence-electron chi connectivity index (χ0n) is 14.4. The summed E-state index contributed by atoms with van der Waals surface area (Å²) < 4.78 is 10.3. The van der Waals surface area contributed by atoms with Crippen LogP contribution in [-0.4, -0.2) is 61.2 Å². The Hall–Kier alpha value is -1.56. The molecule has 130 valence electrons. The van der Waals surface area contributed by atoms with Crippen molar-refractivity contribution in [3.05, 3.63) is 35.4 Å². The van der Waals surface area contributed by atoms with E-state index in [2.05, 4.69) is 22.8 Å². The van der Waals surface area contributed by atoms with Crippen molar-refractivity contribution < 1.29 is 19.7 Å². The van der Waals surface area contributed by atoms with Gasteiger partial charge in [-0.25, -0.2) is 0 Å². The van der Waals surface area contributed by atoms with Crippen molar-refractivity contribution in [3.63, 3.8) is 0 Å². The van der Waals surface area contributed by atoms with E-state index in [0.717, 1.165) is 19.4 Å². The molecule has 2 N–H and O–H groups in total. The van der Waals surface area contributed by atoms with Crippen LogP contribution in [0.15, 0.2) is 24.3 Å². The molecule has 0 saturated carbocycles. The van der Waals surface area contributed by atoms with E-state index >= 15 is 0 Å². The van der Waals surface area contributed by atoms with Crippen molar-refractivity contribution in [2.24, 2.45) is 5.92 Å². The maximum absolute atomic E-state index is 10.4. The second kappa shape index (κ2) is 5.48. The predicted molar refractivity (Wildman–Crippen MR) is 90.5 cm³/mol. The predicted octanol–water partition coefficient (Wildman–Crippen LogP) is 1.46. The van der Waals surface area contributed by atoms with Crippen LogP contribution in [0.2, 0.25) is 0 Å². The second-order valence-corrected chi connectivity index (χ2v) is 7.34. The van der Waals surface area contributed by atoms with Crippen molar-refractivity contribution in [1.82, 2.24) is 4.90 Å². The van der Waals surface area contributed by atoms with E-state index in [4.69, 9.17) is 4.74 Å². The number of aliphatic hydroxyl groups excluding tert-OH is 1. The Morgan fingerprint density at radius 1 is 1.29 bits per heavy atom. The lowest BCUT2D eigenvalue weighted by Crippen LogP contribution is -2.64. The molecule has 1 spiro atoms. The van der Waals surface area contributed by atoms with Gasteiger partial charge >= 0.3 is 0 Å². The first-order valence-corrected chi connectivity index (χ1v) is 8.53. The molecule has 5 heteroatoms. The molecule has 1 saturated heterocycles. The summed E-state index contributed by atoms with van der Waals surface area (Å²) in [5.41, 5.74) is 2.29. The smallest absolute Gasteiger partial charge is 0.165 e. The average Bonchev–Trinajstić information content (AvgIpc) is 2.91. The Labute approximate surface area is 142 Å². The highest BCUT2D eigenvalue weighted by Gasteiger charge is 2.64. The van der Waals surface area contributed by atoms with E-state index in [-0.39, 0.29) is 17.3 Å². The molecule has 2 bridgehead atoms. The number of phenolic OH excluding ortho intramolecular Hbond substituents is 1. The number of aliphatic hydroxyl groups is 1. The summed E-state index contributed by atoms with van der Waals surface area (Å²) in [5, 5.41) is 20.6. The first-order chi connectivity index (χ1) is 11.5. The first kappa shape index (κ1) is 15.9. The fourth-order valence-corrected chi connectivity index (χ4v) is 5.24. The van der Waals surface area contributed by atoms with E-state index in [0.29, 0.717) is 17.7 Å². The van der Waals surface area contributed by atoms with E-state index in [1.807, 2.05) is 12.1 Å². The van der Waals surface area contributed by atoms with Gasteiger partial charge in [0.25, 0.3) is 0 Å². The number of aromatic hydroxyl groups is 1. The van der Waals surface area contributed by atoms with Gasteiger partial charge in [0.05, 0.1) is 0 Å². The van der Waals surface area contributed by atoms with Crippen LogP contribution in [0.25, 0.3) is 0 Å². The number of hydrogen-bond acceptors (Lipinski definition) is 5. The quantitative estimate of drug-likeness (QED) is 0.705. The molecule has 0 unspecified atom stereocenters. The van der Waals surface area contributed by atoms with Crippen LogP contribution in [0.5, 0.6) is 11.5 Å². The molecule has 1 aromatic carbocycles. The van der Waals surface area contributed by atoms with Gasteiger partial charge in [-0.1, -0.05) is 18.2 Å². The summed E-state index contributed by atoms with van der Waals surface area (Å²) in [6.07, 6.45) is 5.18. The molecular formula is C19H25NO4. The fraction of sp³-hybridized carbons (Fsp3) is 0.579. The molecular weight excluding hydrogens is 306 g/mol. The Morgan fingerprint density at radius 2 is 2.04 bits per heavy atom. The molecule has 0 amide bonds. The number of nitrogens with zero attached hydrogens (tertiary/aromatic N) is 1.